The summed E-state index contributed by atoms with van der Waals surface area (Å²) in [6.45, 7) is 2.60. The van der Waals surface area contributed by atoms with Gasteiger partial charge >= 0.3 is 0 Å². The second kappa shape index (κ2) is 9.71. The molecule has 0 aliphatic heterocycles. The predicted octanol–water partition coefficient (Wildman–Crippen LogP) is 2.40. The molecule has 0 unspecified atom stereocenters. The lowest BCUT2D eigenvalue weighted by Gasteiger charge is -2.07. The van der Waals surface area contributed by atoms with Crippen molar-refractivity contribution in [1.82, 2.24) is 0 Å². The molecule has 0 bridgehead atoms. The van der Waals surface area contributed by atoms with E-state index < -0.39 is 4.92 Å². The first-order valence-electron chi connectivity index (χ1n) is 5.82. The van der Waals surface area contributed by atoms with Crippen LogP contribution < -0.4 is 4.74 Å². The quantitative estimate of drug-likeness (QED) is 0.284. The zero-order valence-corrected chi connectivity index (χ0v) is 12.0. The monoisotopic (exact) mass is 333 g/mol. The number of nitro groups is 1. The molecule has 0 aromatic heterocycles. The summed E-state index contributed by atoms with van der Waals surface area (Å²) in [6.07, 6.45) is 0. The van der Waals surface area contributed by atoms with Crippen LogP contribution in [0, 0.1) is 10.1 Å². The first-order valence-corrected chi connectivity index (χ1v) is 6.95. The van der Waals surface area contributed by atoms with E-state index in [4.69, 9.17) is 14.2 Å². The maximum Gasteiger partial charge on any atom is 0.269 e. The third-order valence-corrected chi connectivity index (χ3v) is 2.46. The number of ether oxygens (including phenoxy) is 3. The summed E-state index contributed by atoms with van der Waals surface area (Å²) in [6, 6.07) is 5.95. The smallest absolute Gasteiger partial charge is 0.269 e. The van der Waals surface area contributed by atoms with Crippen LogP contribution in [0.5, 0.6) is 5.75 Å². The molecule has 0 aliphatic rings. The van der Waals surface area contributed by atoms with Crippen LogP contribution in [0.1, 0.15) is 0 Å². The highest BCUT2D eigenvalue weighted by Crippen LogP contribution is 2.16. The minimum absolute atomic E-state index is 0.0486. The normalized spacial score (nSPS) is 10.4. The Balaban J connectivity index is 2.07. The molecule has 0 atom stereocenters. The first-order chi connectivity index (χ1) is 9.24. The second-order valence-corrected chi connectivity index (χ2v) is 4.31. The topological polar surface area (TPSA) is 70.8 Å². The van der Waals surface area contributed by atoms with Gasteiger partial charge in [-0.25, -0.2) is 0 Å². The van der Waals surface area contributed by atoms with Crippen LogP contribution in [-0.2, 0) is 9.47 Å². The summed E-state index contributed by atoms with van der Waals surface area (Å²) < 4.78 is 15.9. The fraction of sp³-hybridized carbons (Fsp3) is 0.500. The fourth-order valence-corrected chi connectivity index (χ4v) is 1.49. The molecule has 0 fully saturated rings. The van der Waals surface area contributed by atoms with Gasteiger partial charge in [0.05, 0.1) is 31.4 Å². The number of nitro benzene ring substituents is 1. The number of hydrogen-bond donors (Lipinski definition) is 0. The zero-order chi connectivity index (χ0) is 13.9. The molecule has 0 aliphatic carbocycles. The SMILES string of the molecule is O=[N+]([O-])c1ccc(OCCOCCOCCBr)cc1. The molecule has 1 rings (SSSR count). The van der Waals surface area contributed by atoms with E-state index in [1.807, 2.05) is 0 Å². The van der Waals surface area contributed by atoms with Crippen molar-refractivity contribution in [1.29, 1.82) is 0 Å². The molecule has 19 heavy (non-hydrogen) atoms. The molecule has 6 nitrogen and oxygen atoms in total. The Hall–Kier alpha value is -1.18. The molecule has 0 saturated carbocycles. The molecule has 0 radical (unpaired) electrons. The summed E-state index contributed by atoms with van der Waals surface area (Å²) in [5.74, 6) is 0.588. The molecular weight excluding hydrogens is 318 g/mol. The van der Waals surface area contributed by atoms with Crippen molar-refractivity contribution in [3.63, 3.8) is 0 Å². The van der Waals surface area contributed by atoms with Crippen LogP contribution >= 0.6 is 15.9 Å². The Morgan fingerprint density at radius 1 is 1.00 bits per heavy atom. The van der Waals surface area contributed by atoms with Gasteiger partial charge in [0.25, 0.3) is 5.69 Å². The van der Waals surface area contributed by atoms with E-state index in [-0.39, 0.29) is 5.69 Å². The molecule has 7 heteroatoms. The Bertz CT molecular complexity index is 371. The Morgan fingerprint density at radius 2 is 1.58 bits per heavy atom. The summed E-state index contributed by atoms with van der Waals surface area (Å²) in [4.78, 5) is 10.0. The Labute approximate surface area is 119 Å². The molecule has 0 spiro atoms. The lowest BCUT2D eigenvalue weighted by Crippen LogP contribution is -2.11. The van der Waals surface area contributed by atoms with Gasteiger partial charge in [-0.15, -0.1) is 0 Å². The van der Waals surface area contributed by atoms with Gasteiger partial charge in [-0.3, -0.25) is 10.1 Å². The maximum atomic E-state index is 10.4. The predicted molar refractivity (Wildman–Crippen MR) is 74.0 cm³/mol. The molecular formula is C12H16BrNO5. The van der Waals surface area contributed by atoms with E-state index in [2.05, 4.69) is 15.9 Å². The molecule has 1 aromatic carbocycles. The van der Waals surface area contributed by atoms with E-state index in [0.29, 0.717) is 38.8 Å². The van der Waals surface area contributed by atoms with Crippen molar-refractivity contribution in [2.75, 3.05) is 38.4 Å². The third kappa shape index (κ3) is 7.09. The van der Waals surface area contributed by atoms with E-state index in [1.54, 1.807) is 12.1 Å². The maximum absolute atomic E-state index is 10.4. The van der Waals surface area contributed by atoms with Gasteiger partial charge in [0.1, 0.15) is 12.4 Å². The molecule has 0 N–H and O–H groups in total. The summed E-state index contributed by atoms with van der Waals surface area (Å²) >= 11 is 3.26. The fourth-order valence-electron chi connectivity index (χ4n) is 1.26. The molecule has 0 saturated heterocycles. The Morgan fingerprint density at radius 3 is 2.16 bits per heavy atom. The van der Waals surface area contributed by atoms with Gasteiger partial charge in [0.2, 0.25) is 0 Å². The number of nitrogens with zero attached hydrogens (tertiary/aromatic N) is 1. The zero-order valence-electron chi connectivity index (χ0n) is 10.4. The molecule has 106 valence electrons. The van der Waals surface area contributed by atoms with E-state index in [1.165, 1.54) is 12.1 Å². The second-order valence-electron chi connectivity index (χ2n) is 3.51. The van der Waals surface area contributed by atoms with Crippen LogP contribution in [0.25, 0.3) is 0 Å². The van der Waals surface area contributed by atoms with E-state index >= 15 is 0 Å². The summed E-state index contributed by atoms with van der Waals surface area (Å²) in [5, 5.41) is 11.3. The van der Waals surface area contributed by atoms with Gasteiger partial charge in [-0.05, 0) is 12.1 Å². The van der Waals surface area contributed by atoms with Crippen molar-refractivity contribution >= 4 is 21.6 Å². The number of halogens is 1. The van der Waals surface area contributed by atoms with Gasteiger partial charge in [0.15, 0.2) is 0 Å². The first kappa shape index (κ1) is 15.9. The molecule has 0 amide bonds. The highest BCUT2D eigenvalue weighted by atomic mass is 79.9. The van der Waals surface area contributed by atoms with Crippen molar-refractivity contribution in [3.05, 3.63) is 34.4 Å². The largest absolute Gasteiger partial charge is 0.491 e. The number of benzene rings is 1. The molecule has 1 aromatic rings. The van der Waals surface area contributed by atoms with Crippen LogP contribution in [0.15, 0.2) is 24.3 Å². The highest BCUT2D eigenvalue weighted by molar-refractivity contribution is 9.09. The minimum Gasteiger partial charge on any atom is -0.491 e. The van der Waals surface area contributed by atoms with Crippen LogP contribution in [0.2, 0.25) is 0 Å². The van der Waals surface area contributed by atoms with Gasteiger partial charge in [0, 0.05) is 17.5 Å². The third-order valence-electron chi connectivity index (χ3n) is 2.14. The number of alkyl halides is 1. The number of non-ortho nitro benzene ring substituents is 1. The highest BCUT2D eigenvalue weighted by Gasteiger charge is 2.03. The summed E-state index contributed by atoms with van der Waals surface area (Å²) in [7, 11) is 0. The number of hydrogen-bond acceptors (Lipinski definition) is 5. The van der Waals surface area contributed by atoms with E-state index in [0.717, 1.165) is 5.33 Å². The lowest BCUT2D eigenvalue weighted by atomic mass is 10.3. The average molecular weight is 334 g/mol. The van der Waals surface area contributed by atoms with Crippen molar-refractivity contribution in [3.8, 4) is 5.75 Å². The van der Waals surface area contributed by atoms with Gasteiger partial charge in [-0.2, -0.15) is 0 Å². The number of rotatable bonds is 10. The standard InChI is InChI=1S/C12H16BrNO5/c13-5-6-17-7-8-18-9-10-19-12-3-1-11(2-4-12)14(15)16/h1-4H,5-10H2. The van der Waals surface area contributed by atoms with Crippen molar-refractivity contribution in [2.45, 2.75) is 0 Å². The van der Waals surface area contributed by atoms with Crippen molar-refractivity contribution in [2.24, 2.45) is 0 Å². The molecule has 0 heterocycles. The Kier molecular flexibility index (Phi) is 8.11. The minimum atomic E-state index is -0.445. The summed E-state index contributed by atoms with van der Waals surface area (Å²) in [5.41, 5.74) is 0.0486. The van der Waals surface area contributed by atoms with Crippen molar-refractivity contribution < 1.29 is 19.1 Å². The van der Waals surface area contributed by atoms with Gasteiger partial charge < -0.3 is 14.2 Å². The van der Waals surface area contributed by atoms with E-state index in [9.17, 15) is 10.1 Å². The average Bonchev–Trinajstić information content (AvgIpc) is 2.42. The van der Waals surface area contributed by atoms with Crippen LogP contribution in [-0.4, -0.2) is 43.3 Å². The van der Waals surface area contributed by atoms with Crippen LogP contribution in [0.3, 0.4) is 0 Å². The lowest BCUT2D eigenvalue weighted by molar-refractivity contribution is -0.384. The van der Waals surface area contributed by atoms with Gasteiger partial charge in [-0.1, -0.05) is 15.9 Å². The van der Waals surface area contributed by atoms with Crippen LogP contribution in [0.4, 0.5) is 5.69 Å².